The van der Waals surface area contributed by atoms with Crippen molar-refractivity contribution in [2.45, 2.75) is 51.6 Å². The predicted octanol–water partition coefficient (Wildman–Crippen LogP) is 3.25. The molecule has 5 N–H and O–H groups in total. The maximum absolute atomic E-state index is 13.3. The minimum Gasteiger partial charge on any atom is -0.351 e. The molecule has 3 heterocycles. The molecule has 0 saturated heterocycles. The Kier molecular flexibility index (Phi) is 13.1. The van der Waals surface area contributed by atoms with Gasteiger partial charge in [-0.3, -0.25) is 19.2 Å². The molecule has 232 valence electrons. The van der Waals surface area contributed by atoms with Crippen molar-refractivity contribution >= 4 is 58.7 Å². The summed E-state index contributed by atoms with van der Waals surface area (Å²) >= 11 is 2.61. The lowest BCUT2D eigenvalue weighted by Gasteiger charge is -2.24. The first-order chi connectivity index (χ1) is 20.2. The molecule has 1 aromatic carbocycles. The number of halogens is 1. The van der Waals surface area contributed by atoms with Crippen LogP contribution >= 0.6 is 35.1 Å². The van der Waals surface area contributed by atoms with E-state index >= 15 is 0 Å². The van der Waals surface area contributed by atoms with Crippen LogP contribution in [-0.4, -0.2) is 64.7 Å². The van der Waals surface area contributed by atoms with E-state index in [1.807, 2.05) is 44.2 Å². The Balaban J connectivity index is 0.00000506. The molecule has 1 aliphatic rings. The Labute approximate surface area is 265 Å². The summed E-state index contributed by atoms with van der Waals surface area (Å²) in [5.74, 6) is -1.21. The normalized spacial score (nSPS) is 18.4. The highest BCUT2D eigenvalue weighted by Gasteiger charge is 2.27. The average molecular weight is 648 g/mol. The van der Waals surface area contributed by atoms with Crippen molar-refractivity contribution in [3.05, 3.63) is 68.1 Å². The van der Waals surface area contributed by atoms with E-state index in [1.54, 1.807) is 10.8 Å². The van der Waals surface area contributed by atoms with Crippen LogP contribution in [0.2, 0.25) is 0 Å². The summed E-state index contributed by atoms with van der Waals surface area (Å²) in [5, 5.41) is 13.5. The van der Waals surface area contributed by atoms with Crippen LogP contribution in [0, 0.1) is 5.92 Å². The van der Waals surface area contributed by atoms with Gasteiger partial charge in [-0.1, -0.05) is 44.2 Å². The fourth-order valence-electron chi connectivity index (χ4n) is 4.54. The zero-order chi connectivity index (χ0) is 30.1. The Hall–Kier alpha value is -3.39. The number of nitrogens with two attached hydrogens (primary N) is 1. The van der Waals surface area contributed by atoms with Gasteiger partial charge in [0.1, 0.15) is 21.4 Å². The van der Waals surface area contributed by atoms with Crippen molar-refractivity contribution in [1.82, 2.24) is 30.8 Å². The van der Waals surface area contributed by atoms with Crippen molar-refractivity contribution < 1.29 is 19.2 Å². The monoisotopic (exact) mass is 647 g/mol. The van der Waals surface area contributed by atoms with Gasteiger partial charge >= 0.3 is 0 Å². The van der Waals surface area contributed by atoms with Crippen LogP contribution in [0.5, 0.6) is 0 Å². The molecule has 4 bridgehead atoms. The number of fused-ring (bicyclic) bond motifs is 4. The predicted molar refractivity (Wildman–Crippen MR) is 169 cm³/mol. The molecule has 3 aromatic rings. The Morgan fingerprint density at radius 3 is 2.40 bits per heavy atom. The molecule has 11 nitrogen and oxygen atoms in total. The summed E-state index contributed by atoms with van der Waals surface area (Å²) in [4.78, 5) is 63.0. The van der Waals surface area contributed by atoms with Crippen molar-refractivity contribution in [3.63, 3.8) is 0 Å². The van der Waals surface area contributed by atoms with Crippen LogP contribution in [0.1, 0.15) is 81.7 Å². The highest BCUT2D eigenvalue weighted by Crippen LogP contribution is 2.27. The van der Waals surface area contributed by atoms with Crippen LogP contribution in [0.25, 0.3) is 0 Å². The van der Waals surface area contributed by atoms with Crippen molar-refractivity contribution in [3.8, 4) is 0 Å². The zero-order valence-corrected chi connectivity index (χ0v) is 26.7. The number of nitrogens with zero attached hydrogens (tertiary/aromatic N) is 3. The van der Waals surface area contributed by atoms with E-state index in [1.165, 1.54) is 27.6 Å². The van der Waals surface area contributed by atoms with E-state index in [2.05, 4.69) is 25.9 Å². The summed E-state index contributed by atoms with van der Waals surface area (Å²) in [6.45, 7) is 4.76. The number of amides is 4. The standard InChI is InChI=1S/C29H37N7O4S2.ClH/c1-18(2)25-29-34-21(16-42-29)26(39)31-12-7-13-36(24(38)10-6-11-30)15-23(37)32-20(14-19-8-4-3-5-9-19)28-33-22(17-41-28)27(40)35-25;/h3-5,8-9,16-18,20,25H,6-7,10-15,30H2,1-2H3,(H,31,39)(H,32,37)(H,35,40);1H/t20-,25-;/m0./s1. The molecule has 2 aromatic heterocycles. The van der Waals surface area contributed by atoms with Crippen molar-refractivity contribution in [2.24, 2.45) is 11.7 Å². The van der Waals surface area contributed by atoms with Gasteiger partial charge in [0.25, 0.3) is 11.8 Å². The lowest BCUT2D eigenvalue weighted by Crippen LogP contribution is -2.43. The second-order valence-electron chi connectivity index (χ2n) is 10.5. The first-order valence-electron chi connectivity index (χ1n) is 14.1. The third-order valence-corrected chi connectivity index (χ3v) is 8.70. The second kappa shape index (κ2) is 16.5. The first kappa shape index (κ1) is 34.1. The highest BCUT2D eigenvalue weighted by atomic mass is 35.5. The average Bonchev–Trinajstić information content (AvgIpc) is 3.66. The Bertz CT molecular complexity index is 1380. The van der Waals surface area contributed by atoms with E-state index in [0.717, 1.165) is 5.56 Å². The number of carbonyl (C=O) groups is 4. The van der Waals surface area contributed by atoms with Crippen molar-refractivity contribution in [1.29, 1.82) is 0 Å². The zero-order valence-electron chi connectivity index (χ0n) is 24.2. The van der Waals surface area contributed by atoms with Crippen molar-refractivity contribution in [2.75, 3.05) is 26.2 Å². The second-order valence-corrected chi connectivity index (χ2v) is 12.2. The smallest absolute Gasteiger partial charge is 0.271 e. The SMILES string of the molecule is CC(C)[C@@H]1NC(=O)c2csc(n2)[C@H](Cc2ccccc2)NC(=O)CN(C(=O)CCCN)CCCNC(=O)c2csc1n2.Cl. The summed E-state index contributed by atoms with van der Waals surface area (Å²) in [7, 11) is 0. The molecule has 14 heteroatoms. The van der Waals surface area contributed by atoms with E-state index in [0.29, 0.717) is 42.4 Å². The van der Waals surface area contributed by atoms with E-state index in [4.69, 9.17) is 5.73 Å². The highest BCUT2D eigenvalue weighted by molar-refractivity contribution is 7.10. The van der Waals surface area contributed by atoms with Gasteiger partial charge in [0.05, 0.1) is 18.6 Å². The van der Waals surface area contributed by atoms with Crippen LogP contribution in [0.3, 0.4) is 0 Å². The summed E-state index contributed by atoms with van der Waals surface area (Å²) < 4.78 is 0. The third kappa shape index (κ3) is 9.55. The van der Waals surface area contributed by atoms with Gasteiger partial charge < -0.3 is 26.6 Å². The van der Waals surface area contributed by atoms with Gasteiger partial charge in [-0.05, 0) is 37.3 Å². The number of hydrogen-bond acceptors (Lipinski definition) is 9. The van der Waals surface area contributed by atoms with Gasteiger partial charge in [-0.2, -0.15) is 0 Å². The van der Waals surface area contributed by atoms with E-state index < -0.39 is 12.1 Å². The molecular weight excluding hydrogens is 610 g/mol. The number of thiazole rings is 2. The Morgan fingerprint density at radius 2 is 1.70 bits per heavy atom. The maximum atomic E-state index is 13.3. The number of aromatic nitrogens is 2. The third-order valence-electron chi connectivity index (χ3n) is 6.82. The topological polar surface area (TPSA) is 159 Å². The lowest BCUT2D eigenvalue weighted by molar-refractivity contribution is -0.136. The lowest BCUT2D eigenvalue weighted by atomic mass is 10.0. The van der Waals surface area contributed by atoms with Gasteiger partial charge in [0, 0.05) is 30.3 Å². The van der Waals surface area contributed by atoms with Crippen LogP contribution < -0.4 is 21.7 Å². The van der Waals surface area contributed by atoms with Gasteiger partial charge in [0.15, 0.2) is 0 Å². The van der Waals surface area contributed by atoms with Crippen LogP contribution in [0.4, 0.5) is 0 Å². The summed E-state index contributed by atoms with van der Waals surface area (Å²) in [6.07, 6.45) is 1.66. The Morgan fingerprint density at radius 1 is 1.02 bits per heavy atom. The minimum atomic E-state index is -0.503. The first-order valence-corrected chi connectivity index (χ1v) is 15.8. The molecule has 1 aliphatic heterocycles. The fraction of sp³-hybridized carbons (Fsp3) is 0.448. The quantitative estimate of drug-likeness (QED) is 0.320. The van der Waals surface area contributed by atoms with Gasteiger partial charge in [-0.15, -0.1) is 35.1 Å². The number of benzene rings is 1. The molecule has 0 spiro atoms. The molecule has 0 radical (unpaired) electrons. The van der Waals surface area contributed by atoms with E-state index in [9.17, 15) is 19.2 Å². The van der Waals surface area contributed by atoms with Crippen LogP contribution in [-0.2, 0) is 16.0 Å². The molecule has 43 heavy (non-hydrogen) atoms. The van der Waals surface area contributed by atoms with Crippen LogP contribution in [0.15, 0.2) is 41.1 Å². The summed E-state index contributed by atoms with van der Waals surface area (Å²) in [6, 6.07) is 8.79. The number of hydrogen-bond donors (Lipinski definition) is 4. The molecule has 0 saturated carbocycles. The number of nitrogens with one attached hydrogen (secondary N) is 3. The molecule has 4 amide bonds. The maximum Gasteiger partial charge on any atom is 0.271 e. The molecule has 0 aliphatic carbocycles. The molecule has 4 rings (SSSR count). The summed E-state index contributed by atoms with van der Waals surface area (Å²) in [5.41, 5.74) is 7.11. The largest absolute Gasteiger partial charge is 0.351 e. The number of rotatable bonds is 6. The molecular formula is C29H38ClN7O4S2. The molecule has 2 atom stereocenters. The van der Waals surface area contributed by atoms with Gasteiger partial charge in [-0.25, -0.2) is 9.97 Å². The number of carbonyl (C=O) groups excluding carboxylic acids is 4. The molecule has 0 unspecified atom stereocenters. The molecule has 0 fully saturated rings. The minimum absolute atomic E-state index is 0. The fourth-order valence-corrected chi connectivity index (χ4v) is 6.41. The van der Waals surface area contributed by atoms with Gasteiger partial charge in [0.2, 0.25) is 11.8 Å². The van der Waals surface area contributed by atoms with E-state index in [-0.39, 0.29) is 72.9 Å².